The standard InChI is InChI=1S/2HO3P.Ru/c2*1-4(2)3;/h2*(H-,1,2,3);/q;;-2/p+2. The SMILES string of the molecule is O=[P](O)(O)[Ru][P](=O)(O)O. The summed E-state index contributed by atoms with van der Waals surface area (Å²) in [6.45, 7) is 0. The second-order valence-corrected chi connectivity index (χ2v) is 12.6. The summed E-state index contributed by atoms with van der Waals surface area (Å²) >= 11 is -2.15. The molecule has 0 amide bonds. The van der Waals surface area contributed by atoms with Crippen molar-refractivity contribution in [2.24, 2.45) is 0 Å². The summed E-state index contributed by atoms with van der Waals surface area (Å²) in [6, 6.07) is 0. The summed E-state index contributed by atoms with van der Waals surface area (Å²) in [6.07, 6.45) is 0. The molecule has 0 aliphatic heterocycles. The van der Waals surface area contributed by atoms with Gasteiger partial charge in [0.1, 0.15) is 0 Å². The average Bonchev–Trinajstić information content (AvgIpc) is 1.14. The van der Waals surface area contributed by atoms with Gasteiger partial charge in [0.2, 0.25) is 0 Å². The Labute approximate surface area is 57.2 Å². The minimum absolute atomic E-state index is 2.15. The van der Waals surface area contributed by atoms with Crippen LogP contribution in [-0.4, -0.2) is 19.6 Å². The van der Waals surface area contributed by atoms with Crippen LogP contribution in [0.15, 0.2) is 0 Å². The molecule has 0 aromatic rings. The molecule has 0 rings (SSSR count). The summed E-state index contributed by atoms with van der Waals surface area (Å²) in [5, 5.41) is 0. The van der Waals surface area contributed by atoms with Crippen LogP contribution in [0, 0.1) is 0 Å². The van der Waals surface area contributed by atoms with Crippen LogP contribution in [0.4, 0.5) is 0 Å². The first-order valence-corrected chi connectivity index (χ1v) is 9.11. The Morgan fingerprint density at radius 1 is 0.889 bits per heavy atom. The quantitative estimate of drug-likeness (QED) is 0.385. The van der Waals surface area contributed by atoms with E-state index in [9.17, 15) is 9.13 Å². The molecule has 0 saturated carbocycles. The molecule has 0 aliphatic carbocycles. The van der Waals surface area contributed by atoms with E-state index in [1.807, 2.05) is 0 Å². The predicted octanol–water partition coefficient (Wildman–Crippen LogP) is -0.746. The molecule has 0 atom stereocenters. The Kier molecular flexibility index (Phi) is 3.19. The van der Waals surface area contributed by atoms with Gasteiger partial charge in [-0.15, -0.1) is 0 Å². The Balaban J connectivity index is 4.07. The van der Waals surface area contributed by atoms with Crippen LogP contribution in [0.1, 0.15) is 0 Å². The summed E-state index contributed by atoms with van der Waals surface area (Å²) in [7, 11) is 0. The van der Waals surface area contributed by atoms with Crippen molar-refractivity contribution < 1.29 is 44.9 Å². The molecule has 0 radical (unpaired) electrons. The van der Waals surface area contributed by atoms with Gasteiger partial charge in [-0.2, -0.15) is 0 Å². The topological polar surface area (TPSA) is 115 Å². The first-order valence-electron chi connectivity index (χ1n) is 1.48. The fourth-order valence-corrected chi connectivity index (χ4v) is 6.39. The third-order valence-corrected chi connectivity index (χ3v) is 9.81. The minimum atomic E-state index is -4.46. The molecular formula is H4O6P2Ru. The zero-order chi connectivity index (χ0) is 7.71. The Hall–Kier alpha value is 0.923. The fraction of sp³-hybridized carbons (Fsp3) is 0. The molecule has 9 heteroatoms. The van der Waals surface area contributed by atoms with Gasteiger partial charge in [-0.1, -0.05) is 0 Å². The van der Waals surface area contributed by atoms with Crippen LogP contribution in [0.3, 0.4) is 0 Å². The fourth-order valence-electron chi connectivity index (χ4n) is 0.120. The molecule has 0 aromatic carbocycles. The zero-order valence-corrected chi connectivity index (χ0v) is 7.38. The number of hydrogen-bond donors (Lipinski definition) is 4. The summed E-state index contributed by atoms with van der Waals surface area (Å²) < 4.78 is 19.8. The van der Waals surface area contributed by atoms with Crippen LogP contribution in [0.2, 0.25) is 0 Å². The van der Waals surface area contributed by atoms with Crippen molar-refractivity contribution in [2.45, 2.75) is 0 Å². The maximum absolute atomic E-state index is 9.89. The van der Waals surface area contributed by atoms with Gasteiger partial charge < -0.3 is 0 Å². The van der Waals surface area contributed by atoms with Crippen LogP contribution in [0.5, 0.6) is 0 Å². The van der Waals surface area contributed by atoms with Gasteiger partial charge in [0.15, 0.2) is 0 Å². The molecule has 0 aromatic heterocycles. The van der Waals surface area contributed by atoms with Crippen LogP contribution in [-0.2, 0) is 25.3 Å². The molecule has 0 spiro atoms. The zero-order valence-electron chi connectivity index (χ0n) is 3.85. The molecule has 0 unspecified atom stereocenters. The summed E-state index contributed by atoms with van der Waals surface area (Å²) in [5.74, 6) is -8.92. The maximum atomic E-state index is 9.89. The van der Waals surface area contributed by atoms with Gasteiger partial charge in [0.05, 0.1) is 0 Å². The summed E-state index contributed by atoms with van der Waals surface area (Å²) in [4.78, 5) is 32.0. The van der Waals surface area contributed by atoms with E-state index in [1.165, 1.54) is 0 Å². The van der Waals surface area contributed by atoms with Gasteiger partial charge in [0.25, 0.3) is 0 Å². The van der Waals surface area contributed by atoms with Crippen molar-refractivity contribution in [2.75, 3.05) is 0 Å². The molecule has 58 valence electrons. The monoisotopic (exact) mass is 264 g/mol. The van der Waals surface area contributed by atoms with Crippen molar-refractivity contribution in [3.8, 4) is 0 Å². The second kappa shape index (κ2) is 2.89. The Morgan fingerprint density at radius 2 is 1.11 bits per heavy atom. The number of hydrogen-bond acceptors (Lipinski definition) is 2. The molecule has 0 bridgehead atoms. The van der Waals surface area contributed by atoms with Crippen LogP contribution in [0.25, 0.3) is 0 Å². The normalized spacial score (nSPS) is 14.2. The van der Waals surface area contributed by atoms with Gasteiger partial charge in [0, 0.05) is 0 Å². The van der Waals surface area contributed by atoms with E-state index < -0.39 is 28.0 Å². The van der Waals surface area contributed by atoms with Crippen molar-refractivity contribution in [3.05, 3.63) is 0 Å². The molecule has 6 nitrogen and oxygen atoms in total. The average molecular weight is 263 g/mol. The van der Waals surface area contributed by atoms with Gasteiger partial charge in [-0.3, -0.25) is 0 Å². The van der Waals surface area contributed by atoms with Crippen LogP contribution < -0.4 is 0 Å². The van der Waals surface area contributed by atoms with E-state index in [1.54, 1.807) is 0 Å². The third-order valence-electron chi connectivity index (χ3n) is 0.184. The molecule has 0 aliphatic rings. The predicted molar refractivity (Wildman–Crippen MR) is 24.1 cm³/mol. The first kappa shape index (κ1) is 9.92. The molecule has 0 heterocycles. The van der Waals surface area contributed by atoms with Gasteiger partial charge in [-0.25, -0.2) is 0 Å². The van der Waals surface area contributed by atoms with E-state index in [-0.39, 0.29) is 0 Å². The van der Waals surface area contributed by atoms with Crippen molar-refractivity contribution in [1.29, 1.82) is 0 Å². The molecule has 0 saturated heterocycles. The van der Waals surface area contributed by atoms with Crippen molar-refractivity contribution in [3.63, 3.8) is 0 Å². The Morgan fingerprint density at radius 3 is 1.11 bits per heavy atom. The van der Waals surface area contributed by atoms with Crippen molar-refractivity contribution >= 4 is 11.9 Å². The summed E-state index contributed by atoms with van der Waals surface area (Å²) in [5.41, 5.74) is 0. The third kappa shape index (κ3) is 8.92. The Bertz CT molecular complexity index is 151. The van der Waals surface area contributed by atoms with Crippen molar-refractivity contribution in [1.82, 2.24) is 0 Å². The van der Waals surface area contributed by atoms with E-state index in [2.05, 4.69) is 0 Å². The van der Waals surface area contributed by atoms with Gasteiger partial charge >= 0.3 is 56.7 Å². The van der Waals surface area contributed by atoms with Gasteiger partial charge in [-0.05, 0) is 0 Å². The van der Waals surface area contributed by atoms with Crippen LogP contribution >= 0.6 is 11.9 Å². The van der Waals surface area contributed by atoms with E-state index in [0.29, 0.717) is 0 Å². The van der Waals surface area contributed by atoms with E-state index >= 15 is 0 Å². The van der Waals surface area contributed by atoms with E-state index in [4.69, 9.17) is 19.6 Å². The molecule has 0 fully saturated rings. The number of rotatable bonds is 2. The second-order valence-electron chi connectivity index (χ2n) is 0.988. The van der Waals surface area contributed by atoms with E-state index in [0.717, 1.165) is 0 Å². The molecular weight excluding hydrogens is 259 g/mol. The molecule has 9 heavy (non-hydrogen) atoms. The first-order chi connectivity index (χ1) is 3.71. The molecule has 4 N–H and O–H groups in total.